The van der Waals surface area contributed by atoms with Crippen molar-refractivity contribution in [1.82, 2.24) is 0 Å². The third-order valence-corrected chi connectivity index (χ3v) is 2.55. The third-order valence-electron chi connectivity index (χ3n) is 2.55. The Morgan fingerprint density at radius 2 is 1.76 bits per heavy atom. The van der Waals surface area contributed by atoms with Gasteiger partial charge in [-0.05, 0) is 25.8 Å². The van der Waals surface area contributed by atoms with Gasteiger partial charge in [0, 0.05) is 5.56 Å². The second-order valence-corrected chi connectivity index (χ2v) is 4.76. The Morgan fingerprint density at radius 3 is 2.24 bits per heavy atom. The van der Waals surface area contributed by atoms with Crippen LogP contribution in [0.1, 0.15) is 39.2 Å². The number of hydrogen-bond donors (Lipinski definition) is 1. The van der Waals surface area contributed by atoms with Gasteiger partial charge in [-0.2, -0.15) is 0 Å². The summed E-state index contributed by atoms with van der Waals surface area (Å²) in [5.74, 6) is -0.627. The topological polar surface area (TPSA) is 46.5 Å². The molecule has 0 fully saturated rings. The van der Waals surface area contributed by atoms with Crippen LogP contribution in [0.5, 0.6) is 5.75 Å². The Morgan fingerprint density at radius 1 is 1.18 bits per heavy atom. The number of carbonyl (C=O) groups is 1. The van der Waals surface area contributed by atoms with E-state index in [1.165, 1.54) is 0 Å². The number of carboxylic acids is 1. The molecule has 0 saturated carbocycles. The van der Waals surface area contributed by atoms with Gasteiger partial charge in [0.15, 0.2) is 0 Å². The van der Waals surface area contributed by atoms with Crippen molar-refractivity contribution < 1.29 is 14.6 Å². The van der Waals surface area contributed by atoms with Gasteiger partial charge in [0.25, 0.3) is 0 Å². The van der Waals surface area contributed by atoms with Gasteiger partial charge in [-0.3, -0.25) is 4.79 Å². The number of para-hydroxylation sites is 1. The van der Waals surface area contributed by atoms with E-state index in [-0.39, 0.29) is 12.0 Å². The second kappa shape index (κ2) is 5.71. The van der Waals surface area contributed by atoms with Crippen LogP contribution in [-0.4, -0.2) is 17.2 Å². The molecule has 3 nitrogen and oxygen atoms in total. The standard InChI is InChI=1S/C14H20O3/c1-9(2)13(14(15)16)11-7-5-6-8-12(11)17-10(3)4/h5-10,13H,1-4H3,(H,15,16). The van der Waals surface area contributed by atoms with Gasteiger partial charge < -0.3 is 9.84 Å². The first-order valence-electron chi connectivity index (χ1n) is 5.91. The molecule has 0 aliphatic carbocycles. The summed E-state index contributed by atoms with van der Waals surface area (Å²) in [6, 6.07) is 7.37. The molecular formula is C14H20O3. The highest BCUT2D eigenvalue weighted by atomic mass is 16.5. The highest BCUT2D eigenvalue weighted by Gasteiger charge is 2.26. The van der Waals surface area contributed by atoms with Crippen molar-refractivity contribution in [3.63, 3.8) is 0 Å². The average molecular weight is 236 g/mol. The molecule has 0 amide bonds. The molecule has 1 aromatic rings. The van der Waals surface area contributed by atoms with Crippen molar-refractivity contribution in [1.29, 1.82) is 0 Å². The smallest absolute Gasteiger partial charge is 0.311 e. The maximum absolute atomic E-state index is 11.3. The molecule has 17 heavy (non-hydrogen) atoms. The number of rotatable bonds is 5. The van der Waals surface area contributed by atoms with Crippen LogP contribution in [0.15, 0.2) is 24.3 Å². The summed E-state index contributed by atoms with van der Waals surface area (Å²) >= 11 is 0. The van der Waals surface area contributed by atoms with E-state index in [1.807, 2.05) is 52.0 Å². The summed E-state index contributed by atoms with van der Waals surface area (Å²) < 4.78 is 5.66. The van der Waals surface area contributed by atoms with E-state index < -0.39 is 11.9 Å². The SMILES string of the molecule is CC(C)Oc1ccccc1C(C(=O)O)C(C)C. The number of aliphatic carboxylic acids is 1. The van der Waals surface area contributed by atoms with Gasteiger partial charge >= 0.3 is 5.97 Å². The highest BCUT2D eigenvalue weighted by Crippen LogP contribution is 2.32. The summed E-state index contributed by atoms with van der Waals surface area (Å²) in [6.07, 6.45) is 0.0396. The van der Waals surface area contributed by atoms with Crippen molar-refractivity contribution in [2.24, 2.45) is 5.92 Å². The molecule has 0 bridgehead atoms. The Bertz CT molecular complexity index is 383. The molecule has 0 spiro atoms. The van der Waals surface area contributed by atoms with Crippen LogP contribution in [0.25, 0.3) is 0 Å². The monoisotopic (exact) mass is 236 g/mol. The van der Waals surface area contributed by atoms with Gasteiger partial charge in [-0.1, -0.05) is 32.0 Å². The van der Waals surface area contributed by atoms with Gasteiger partial charge in [0.2, 0.25) is 0 Å². The van der Waals surface area contributed by atoms with Gasteiger partial charge in [-0.25, -0.2) is 0 Å². The molecule has 0 saturated heterocycles. The minimum absolute atomic E-state index is 0.0319. The molecule has 1 atom stereocenters. The molecule has 94 valence electrons. The fourth-order valence-corrected chi connectivity index (χ4v) is 1.88. The Balaban J connectivity index is 3.14. The molecule has 0 aliphatic rings. The van der Waals surface area contributed by atoms with Crippen LogP contribution in [0.2, 0.25) is 0 Å². The van der Waals surface area contributed by atoms with Crippen molar-refractivity contribution in [3.05, 3.63) is 29.8 Å². The number of benzene rings is 1. The van der Waals surface area contributed by atoms with Gasteiger partial charge in [-0.15, -0.1) is 0 Å². The lowest BCUT2D eigenvalue weighted by Gasteiger charge is -2.21. The number of ether oxygens (including phenoxy) is 1. The summed E-state index contributed by atoms with van der Waals surface area (Å²) in [4.78, 5) is 11.3. The molecule has 0 radical (unpaired) electrons. The van der Waals surface area contributed by atoms with E-state index >= 15 is 0 Å². The lowest BCUT2D eigenvalue weighted by atomic mass is 9.88. The Kier molecular flexibility index (Phi) is 4.55. The van der Waals surface area contributed by atoms with Crippen molar-refractivity contribution >= 4 is 5.97 Å². The third kappa shape index (κ3) is 3.48. The van der Waals surface area contributed by atoms with E-state index in [9.17, 15) is 9.90 Å². The van der Waals surface area contributed by atoms with E-state index in [2.05, 4.69) is 0 Å². The quantitative estimate of drug-likeness (QED) is 0.853. The summed E-state index contributed by atoms with van der Waals surface area (Å²) in [5, 5.41) is 9.30. The largest absolute Gasteiger partial charge is 0.491 e. The van der Waals surface area contributed by atoms with E-state index in [4.69, 9.17) is 4.74 Å². The lowest BCUT2D eigenvalue weighted by Crippen LogP contribution is -2.19. The zero-order valence-corrected chi connectivity index (χ0v) is 10.8. The maximum Gasteiger partial charge on any atom is 0.311 e. The van der Waals surface area contributed by atoms with Crippen LogP contribution in [-0.2, 0) is 4.79 Å². The molecular weight excluding hydrogens is 216 g/mol. The highest BCUT2D eigenvalue weighted by molar-refractivity contribution is 5.77. The van der Waals surface area contributed by atoms with Crippen LogP contribution in [0, 0.1) is 5.92 Å². The lowest BCUT2D eigenvalue weighted by molar-refractivity contribution is -0.139. The fraction of sp³-hybridized carbons (Fsp3) is 0.500. The van der Waals surface area contributed by atoms with E-state index in [0.717, 1.165) is 5.56 Å². The average Bonchev–Trinajstić information content (AvgIpc) is 2.18. The van der Waals surface area contributed by atoms with Crippen molar-refractivity contribution in [2.75, 3.05) is 0 Å². The molecule has 0 aliphatic heterocycles. The van der Waals surface area contributed by atoms with Crippen LogP contribution in [0.4, 0.5) is 0 Å². The normalized spacial score (nSPS) is 12.8. The molecule has 0 aromatic heterocycles. The number of carboxylic acid groups (broad SMARTS) is 1. The van der Waals surface area contributed by atoms with Crippen molar-refractivity contribution in [2.45, 2.75) is 39.7 Å². The Hall–Kier alpha value is -1.51. The van der Waals surface area contributed by atoms with Crippen LogP contribution < -0.4 is 4.74 Å². The molecule has 1 rings (SSSR count). The maximum atomic E-state index is 11.3. The summed E-state index contributed by atoms with van der Waals surface area (Å²) in [7, 11) is 0. The minimum atomic E-state index is -0.806. The molecule has 1 unspecified atom stereocenters. The molecule has 1 N–H and O–H groups in total. The van der Waals surface area contributed by atoms with E-state index in [1.54, 1.807) is 0 Å². The first-order chi connectivity index (χ1) is 7.93. The summed E-state index contributed by atoms with van der Waals surface area (Å²) in [5.41, 5.74) is 0.753. The van der Waals surface area contributed by atoms with Crippen LogP contribution in [0.3, 0.4) is 0 Å². The van der Waals surface area contributed by atoms with Crippen molar-refractivity contribution in [3.8, 4) is 5.75 Å². The fourth-order valence-electron chi connectivity index (χ4n) is 1.88. The van der Waals surface area contributed by atoms with Gasteiger partial charge in [0.1, 0.15) is 5.75 Å². The molecule has 0 heterocycles. The molecule has 1 aromatic carbocycles. The first-order valence-corrected chi connectivity index (χ1v) is 5.91. The molecule has 3 heteroatoms. The number of hydrogen-bond acceptors (Lipinski definition) is 2. The first kappa shape index (κ1) is 13.6. The predicted molar refractivity (Wildman–Crippen MR) is 67.4 cm³/mol. The van der Waals surface area contributed by atoms with E-state index in [0.29, 0.717) is 5.75 Å². The Labute approximate surface area is 102 Å². The predicted octanol–water partition coefficient (Wildman–Crippen LogP) is 3.30. The second-order valence-electron chi connectivity index (χ2n) is 4.76. The minimum Gasteiger partial charge on any atom is -0.491 e. The zero-order valence-electron chi connectivity index (χ0n) is 10.8. The zero-order chi connectivity index (χ0) is 13.0. The van der Waals surface area contributed by atoms with Crippen LogP contribution >= 0.6 is 0 Å². The van der Waals surface area contributed by atoms with Gasteiger partial charge in [0.05, 0.1) is 12.0 Å². The summed E-state index contributed by atoms with van der Waals surface area (Å²) in [6.45, 7) is 7.68.